The van der Waals surface area contributed by atoms with Gasteiger partial charge in [-0.15, -0.1) is 0 Å². The molecule has 9 heteroatoms. The molecule has 2 rings (SSSR count). The van der Waals surface area contributed by atoms with Crippen molar-refractivity contribution in [3.05, 3.63) is 75.3 Å². The van der Waals surface area contributed by atoms with E-state index >= 15 is 0 Å². The van der Waals surface area contributed by atoms with E-state index in [0.29, 0.717) is 11.1 Å². The van der Waals surface area contributed by atoms with Crippen LogP contribution >= 0.6 is 0 Å². The molecule has 9 nitrogen and oxygen atoms in total. The number of nitrogens with zero attached hydrogens (tertiary/aromatic N) is 1. The van der Waals surface area contributed by atoms with Gasteiger partial charge in [-0.1, -0.05) is 24.3 Å². The lowest BCUT2D eigenvalue weighted by Crippen LogP contribution is -2.46. The van der Waals surface area contributed by atoms with Crippen molar-refractivity contribution in [2.24, 2.45) is 5.73 Å². The number of carbonyl (C=O) groups excluding carboxylic acids is 2. The molecule has 0 aliphatic heterocycles. The fraction of sp³-hybridized carbons (Fsp3) is 0.167. The Morgan fingerprint density at radius 3 is 2.33 bits per heavy atom. The van der Waals surface area contributed by atoms with Crippen LogP contribution in [0.5, 0.6) is 0 Å². The summed E-state index contributed by atoms with van der Waals surface area (Å²) in [5.74, 6) is -2.33. The summed E-state index contributed by atoms with van der Waals surface area (Å²) in [7, 11) is 0. The van der Waals surface area contributed by atoms with Gasteiger partial charge in [0, 0.05) is 18.6 Å². The van der Waals surface area contributed by atoms with Gasteiger partial charge < -0.3 is 16.2 Å². The second kappa shape index (κ2) is 8.56. The van der Waals surface area contributed by atoms with Crippen molar-refractivity contribution in [1.29, 1.82) is 0 Å². The highest BCUT2D eigenvalue weighted by Crippen LogP contribution is 2.14. The SMILES string of the molecule is NC(=O)[C@@H](Cc1ccc(C(=O)O)cc1)NC(=O)Cc1cccc([N+](=O)[O-])c1. The summed E-state index contributed by atoms with van der Waals surface area (Å²) in [4.78, 5) is 44.9. The first-order valence-corrected chi connectivity index (χ1v) is 7.90. The molecule has 0 saturated heterocycles. The van der Waals surface area contributed by atoms with Crippen molar-refractivity contribution in [2.75, 3.05) is 0 Å². The Morgan fingerprint density at radius 2 is 1.78 bits per heavy atom. The quantitative estimate of drug-likeness (QED) is 0.466. The van der Waals surface area contributed by atoms with Crippen molar-refractivity contribution in [3.8, 4) is 0 Å². The summed E-state index contributed by atoms with van der Waals surface area (Å²) in [5.41, 5.74) is 6.35. The highest BCUT2D eigenvalue weighted by atomic mass is 16.6. The highest BCUT2D eigenvalue weighted by Gasteiger charge is 2.19. The van der Waals surface area contributed by atoms with Crippen molar-refractivity contribution in [2.45, 2.75) is 18.9 Å². The number of nitro benzene ring substituents is 1. The van der Waals surface area contributed by atoms with E-state index in [1.807, 2.05) is 0 Å². The van der Waals surface area contributed by atoms with Crippen LogP contribution in [0, 0.1) is 10.1 Å². The Kier molecular flexibility index (Phi) is 6.21. The average Bonchev–Trinajstić information content (AvgIpc) is 2.61. The van der Waals surface area contributed by atoms with Crippen molar-refractivity contribution >= 4 is 23.5 Å². The maximum Gasteiger partial charge on any atom is 0.335 e. The van der Waals surface area contributed by atoms with Gasteiger partial charge in [0.2, 0.25) is 11.8 Å². The fourth-order valence-corrected chi connectivity index (χ4v) is 2.45. The van der Waals surface area contributed by atoms with E-state index in [4.69, 9.17) is 10.8 Å². The second-order valence-corrected chi connectivity index (χ2v) is 5.83. The van der Waals surface area contributed by atoms with Gasteiger partial charge in [0.15, 0.2) is 0 Å². The molecule has 0 aliphatic carbocycles. The van der Waals surface area contributed by atoms with Crippen LogP contribution in [-0.2, 0) is 22.4 Å². The number of rotatable bonds is 8. The number of non-ortho nitro benzene ring substituents is 1. The molecule has 4 N–H and O–H groups in total. The summed E-state index contributed by atoms with van der Waals surface area (Å²) in [6, 6.07) is 10.5. The van der Waals surface area contributed by atoms with Gasteiger partial charge in [-0.3, -0.25) is 19.7 Å². The lowest BCUT2D eigenvalue weighted by Gasteiger charge is -2.16. The number of carboxylic acids is 1. The molecule has 0 heterocycles. The van der Waals surface area contributed by atoms with Gasteiger partial charge in [0.05, 0.1) is 16.9 Å². The van der Waals surface area contributed by atoms with Crippen LogP contribution in [0.3, 0.4) is 0 Å². The molecule has 0 aliphatic rings. The number of nitro groups is 1. The Morgan fingerprint density at radius 1 is 1.11 bits per heavy atom. The number of nitrogens with one attached hydrogen (secondary N) is 1. The Hall–Kier alpha value is -3.75. The van der Waals surface area contributed by atoms with E-state index < -0.39 is 28.7 Å². The van der Waals surface area contributed by atoms with Crippen LogP contribution in [0.15, 0.2) is 48.5 Å². The molecule has 2 aromatic carbocycles. The second-order valence-electron chi connectivity index (χ2n) is 5.83. The molecule has 0 bridgehead atoms. The third-order valence-corrected chi connectivity index (χ3v) is 3.81. The maximum atomic E-state index is 12.2. The number of hydrogen-bond donors (Lipinski definition) is 3. The zero-order valence-corrected chi connectivity index (χ0v) is 14.1. The topological polar surface area (TPSA) is 153 Å². The Bertz CT molecular complexity index is 879. The molecule has 140 valence electrons. The highest BCUT2D eigenvalue weighted by molar-refractivity contribution is 5.88. The summed E-state index contributed by atoms with van der Waals surface area (Å²) in [6.07, 6.45) is -0.0562. The zero-order valence-electron chi connectivity index (χ0n) is 14.1. The number of primary amides is 1. The number of amides is 2. The number of aromatic carboxylic acids is 1. The van der Waals surface area contributed by atoms with Crippen molar-refractivity contribution in [3.63, 3.8) is 0 Å². The number of benzene rings is 2. The molecule has 0 aromatic heterocycles. The van der Waals surface area contributed by atoms with E-state index in [-0.39, 0.29) is 24.1 Å². The van der Waals surface area contributed by atoms with Gasteiger partial charge in [-0.05, 0) is 23.3 Å². The third kappa shape index (κ3) is 5.63. The van der Waals surface area contributed by atoms with Crippen LogP contribution in [0.2, 0.25) is 0 Å². The zero-order chi connectivity index (χ0) is 20.0. The third-order valence-electron chi connectivity index (χ3n) is 3.81. The molecule has 2 amide bonds. The van der Waals surface area contributed by atoms with Gasteiger partial charge in [-0.25, -0.2) is 4.79 Å². The predicted octanol–water partition coefficient (Wildman–Crippen LogP) is 1.05. The van der Waals surface area contributed by atoms with Gasteiger partial charge in [-0.2, -0.15) is 0 Å². The first-order valence-electron chi connectivity index (χ1n) is 7.90. The number of hydrogen-bond acceptors (Lipinski definition) is 5. The summed E-state index contributed by atoms with van der Waals surface area (Å²) >= 11 is 0. The summed E-state index contributed by atoms with van der Waals surface area (Å²) in [5, 5.41) is 22.2. The van der Waals surface area contributed by atoms with Crippen LogP contribution in [0.25, 0.3) is 0 Å². The normalized spacial score (nSPS) is 11.4. The minimum Gasteiger partial charge on any atom is -0.478 e. The Labute approximate surface area is 153 Å². The van der Waals surface area contributed by atoms with Crippen molar-refractivity contribution < 1.29 is 24.4 Å². The first kappa shape index (κ1) is 19.6. The molecular weight excluding hydrogens is 354 g/mol. The standard InChI is InChI=1S/C18H17N3O6/c19-17(23)15(9-11-4-6-13(7-5-11)18(24)25)20-16(22)10-12-2-1-3-14(8-12)21(26)27/h1-8,15H,9-10H2,(H2,19,23)(H,20,22)(H,24,25)/t15-/m1/s1. The molecule has 0 saturated carbocycles. The molecule has 0 fully saturated rings. The molecule has 0 unspecified atom stereocenters. The Balaban J connectivity index is 2.03. The molecule has 2 aromatic rings. The molecule has 1 atom stereocenters. The number of carbonyl (C=O) groups is 3. The molecule has 0 radical (unpaired) electrons. The lowest BCUT2D eigenvalue weighted by atomic mass is 10.0. The van der Waals surface area contributed by atoms with Crippen LogP contribution < -0.4 is 11.1 Å². The average molecular weight is 371 g/mol. The van der Waals surface area contributed by atoms with Gasteiger partial charge in [0.25, 0.3) is 5.69 Å². The first-order chi connectivity index (χ1) is 12.8. The summed E-state index contributed by atoms with van der Waals surface area (Å²) < 4.78 is 0. The smallest absolute Gasteiger partial charge is 0.335 e. The van der Waals surface area contributed by atoms with Crippen molar-refractivity contribution in [1.82, 2.24) is 5.32 Å². The van der Waals surface area contributed by atoms with E-state index in [9.17, 15) is 24.5 Å². The number of carboxylic acid groups (broad SMARTS) is 1. The maximum absolute atomic E-state index is 12.2. The van der Waals surface area contributed by atoms with E-state index in [1.54, 1.807) is 6.07 Å². The minimum absolute atomic E-state index is 0.0932. The lowest BCUT2D eigenvalue weighted by molar-refractivity contribution is -0.384. The van der Waals surface area contributed by atoms with E-state index in [0.717, 1.165) is 0 Å². The fourth-order valence-electron chi connectivity index (χ4n) is 2.45. The molecular formula is C18H17N3O6. The van der Waals surface area contributed by atoms with Gasteiger partial charge in [0.1, 0.15) is 6.04 Å². The number of nitrogens with two attached hydrogens (primary N) is 1. The minimum atomic E-state index is -1.07. The largest absolute Gasteiger partial charge is 0.478 e. The monoisotopic (exact) mass is 371 g/mol. The van der Waals surface area contributed by atoms with Crippen LogP contribution in [-0.4, -0.2) is 33.9 Å². The summed E-state index contributed by atoms with van der Waals surface area (Å²) in [6.45, 7) is 0. The van der Waals surface area contributed by atoms with Gasteiger partial charge >= 0.3 is 5.97 Å². The molecule has 0 spiro atoms. The van der Waals surface area contributed by atoms with E-state index in [2.05, 4.69) is 5.32 Å². The predicted molar refractivity (Wildman–Crippen MR) is 95.0 cm³/mol. The van der Waals surface area contributed by atoms with Crippen LogP contribution in [0.4, 0.5) is 5.69 Å². The van der Waals surface area contributed by atoms with Crippen LogP contribution in [0.1, 0.15) is 21.5 Å². The molecule has 27 heavy (non-hydrogen) atoms. The van der Waals surface area contributed by atoms with E-state index in [1.165, 1.54) is 42.5 Å².